The number of para-hydroxylation sites is 1. The minimum atomic E-state index is -0.781. The van der Waals surface area contributed by atoms with Gasteiger partial charge in [-0.05, 0) is 25.0 Å². The molecular formula is C21H24N4O5. The summed E-state index contributed by atoms with van der Waals surface area (Å²) < 4.78 is 7.03. The zero-order valence-corrected chi connectivity index (χ0v) is 16.9. The molecule has 9 nitrogen and oxygen atoms in total. The number of aryl methyl sites for hydroxylation is 1. The fourth-order valence-corrected chi connectivity index (χ4v) is 4.83. The SMILES string of the molecule is Cn1cc([C@@H]2N(C(=O)C3(C)COC3)CC[C@]23C(=O)Nc2ccccc23)cn1.O=CO. The highest BCUT2D eigenvalue weighted by Gasteiger charge is 2.61. The van der Waals surface area contributed by atoms with E-state index in [1.54, 1.807) is 10.9 Å². The summed E-state index contributed by atoms with van der Waals surface area (Å²) in [4.78, 5) is 36.9. The lowest BCUT2D eigenvalue weighted by atomic mass is 9.73. The van der Waals surface area contributed by atoms with E-state index in [0.717, 1.165) is 16.8 Å². The predicted molar refractivity (Wildman–Crippen MR) is 107 cm³/mol. The Morgan fingerprint density at radius 3 is 2.67 bits per heavy atom. The molecule has 2 amide bonds. The maximum absolute atomic E-state index is 13.4. The molecule has 3 aliphatic rings. The second-order valence-electron chi connectivity index (χ2n) is 8.23. The third-order valence-corrected chi connectivity index (χ3v) is 6.25. The van der Waals surface area contributed by atoms with Crippen LogP contribution in [-0.4, -0.2) is 57.8 Å². The van der Waals surface area contributed by atoms with Crippen molar-refractivity contribution < 1.29 is 24.2 Å². The average molecular weight is 412 g/mol. The first-order valence-corrected chi connectivity index (χ1v) is 9.73. The van der Waals surface area contributed by atoms with E-state index in [1.807, 2.05) is 49.3 Å². The van der Waals surface area contributed by atoms with Gasteiger partial charge in [0.15, 0.2) is 0 Å². The van der Waals surface area contributed by atoms with Crippen molar-refractivity contribution in [2.75, 3.05) is 25.1 Å². The fraction of sp³-hybridized carbons (Fsp3) is 0.429. The van der Waals surface area contributed by atoms with Crippen LogP contribution in [0.15, 0.2) is 36.7 Å². The number of nitrogens with one attached hydrogen (secondary N) is 1. The number of anilines is 1. The Hall–Kier alpha value is -3.20. The van der Waals surface area contributed by atoms with Gasteiger partial charge >= 0.3 is 0 Å². The summed E-state index contributed by atoms with van der Waals surface area (Å²) in [5.41, 5.74) is 1.40. The van der Waals surface area contributed by atoms with Crippen LogP contribution >= 0.6 is 0 Å². The molecule has 158 valence electrons. The second-order valence-corrected chi connectivity index (χ2v) is 8.23. The lowest BCUT2D eigenvalue weighted by Gasteiger charge is -2.42. The monoisotopic (exact) mass is 412 g/mol. The number of hydrogen-bond acceptors (Lipinski definition) is 5. The molecular weight excluding hydrogens is 388 g/mol. The molecule has 1 aromatic carbocycles. The van der Waals surface area contributed by atoms with Gasteiger partial charge < -0.3 is 20.1 Å². The molecule has 0 bridgehead atoms. The van der Waals surface area contributed by atoms with Gasteiger partial charge in [0.25, 0.3) is 6.47 Å². The highest BCUT2D eigenvalue weighted by Crippen LogP contribution is 2.55. The van der Waals surface area contributed by atoms with Gasteiger partial charge in [-0.15, -0.1) is 0 Å². The van der Waals surface area contributed by atoms with Crippen LogP contribution in [-0.2, 0) is 31.6 Å². The van der Waals surface area contributed by atoms with Crippen LogP contribution in [0, 0.1) is 5.41 Å². The summed E-state index contributed by atoms with van der Waals surface area (Å²) in [5.74, 6) is 0.0134. The van der Waals surface area contributed by atoms with E-state index in [9.17, 15) is 9.59 Å². The molecule has 3 aliphatic heterocycles. The molecule has 1 spiro atoms. The van der Waals surface area contributed by atoms with E-state index in [2.05, 4.69) is 10.4 Å². The van der Waals surface area contributed by atoms with Gasteiger partial charge in [0.2, 0.25) is 11.8 Å². The molecule has 30 heavy (non-hydrogen) atoms. The van der Waals surface area contributed by atoms with Crippen molar-refractivity contribution in [1.29, 1.82) is 0 Å². The summed E-state index contributed by atoms with van der Waals surface area (Å²) in [6, 6.07) is 7.42. The Kier molecular flexibility index (Phi) is 4.85. The Morgan fingerprint density at radius 2 is 2.07 bits per heavy atom. The van der Waals surface area contributed by atoms with Gasteiger partial charge in [-0.25, -0.2) is 0 Å². The maximum atomic E-state index is 13.4. The van der Waals surface area contributed by atoms with E-state index in [4.69, 9.17) is 14.6 Å². The molecule has 2 saturated heterocycles. The Morgan fingerprint density at radius 1 is 1.37 bits per heavy atom. The van der Waals surface area contributed by atoms with Crippen LogP contribution in [0.4, 0.5) is 5.69 Å². The number of ether oxygens (including phenoxy) is 1. The second kappa shape index (κ2) is 7.24. The third kappa shape index (κ3) is 2.80. The van der Waals surface area contributed by atoms with Crippen molar-refractivity contribution in [2.45, 2.75) is 24.8 Å². The normalized spacial score (nSPS) is 25.7. The molecule has 0 saturated carbocycles. The van der Waals surface area contributed by atoms with E-state index in [1.165, 1.54) is 0 Å². The molecule has 1 aromatic heterocycles. The number of carboxylic acid groups (broad SMARTS) is 1. The molecule has 2 aromatic rings. The molecule has 4 heterocycles. The minimum absolute atomic E-state index is 0.0390. The predicted octanol–water partition coefficient (Wildman–Crippen LogP) is 1.32. The standard InChI is InChI=1S/C20H22N4O3.CH2O2/c1-19(11-27-12-19)18(26)24-8-7-20(16(24)13-9-21-23(2)10-13)14-5-3-4-6-15(14)22-17(20)25;2-1-3/h3-6,9-10,16H,7-8,11-12H2,1-2H3,(H,22,25);1H,(H,2,3)/t16-,20+;/m0./s1. The summed E-state index contributed by atoms with van der Waals surface area (Å²) in [6.07, 6.45) is 4.27. The van der Waals surface area contributed by atoms with Gasteiger partial charge in [-0.3, -0.25) is 19.1 Å². The number of hydrogen-bond donors (Lipinski definition) is 2. The van der Waals surface area contributed by atoms with Crippen LogP contribution < -0.4 is 5.32 Å². The number of nitrogens with zero attached hydrogens (tertiary/aromatic N) is 3. The van der Waals surface area contributed by atoms with Crippen LogP contribution in [0.25, 0.3) is 0 Å². The first kappa shape index (κ1) is 20.1. The Bertz CT molecular complexity index is 999. The van der Waals surface area contributed by atoms with Gasteiger partial charge in [0.05, 0.1) is 30.9 Å². The number of benzene rings is 1. The Balaban J connectivity index is 0.000000687. The minimum Gasteiger partial charge on any atom is -0.483 e. The molecule has 2 fully saturated rings. The van der Waals surface area contributed by atoms with Crippen molar-refractivity contribution >= 4 is 24.0 Å². The number of carbonyl (C=O) groups excluding carboxylic acids is 2. The van der Waals surface area contributed by atoms with Crippen molar-refractivity contribution in [3.8, 4) is 0 Å². The molecule has 2 atom stereocenters. The summed E-state index contributed by atoms with van der Waals surface area (Å²) in [5, 5.41) is 14.2. The average Bonchev–Trinajstić information content (AvgIpc) is 3.37. The van der Waals surface area contributed by atoms with Crippen molar-refractivity contribution in [3.05, 3.63) is 47.8 Å². The van der Waals surface area contributed by atoms with Crippen LogP contribution in [0.3, 0.4) is 0 Å². The molecule has 9 heteroatoms. The van der Waals surface area contributed by atoms with Crippen molar-refractivity contribution in [2.24, 2.45) is 12.5 Å². The van der Waals surface area contributed by atoms with Crippen molar-refractivity contribution in [1.82, 2.24) is 14.7 Å². The topological polar surface area (TPSA) is 114 Å². The van der Waals surface area contributed by atoms with Crippen LogP contribution in [0.1, 0.15) is 30.5 Å². The van der Waals surface area contributed by atoms with Gasteiger partial charge in [0, 0.05) is 31.0 Å². The van der Waals surface area contributed by atoms with Crippen LogP contribution in [0.2, 0.25) is 0 Å². The molecule has 0 radical (unpaired) electrons. The number of amides is 2. The summed E-state index contributed by atoms with van der Waals surface area (Å²) >= 11 is 0. The van der Waals surface area contributed by atoms with Gasteiger partial charge in [0.1, 0.15) is 5.41 Å². The summed E-state index contributed by atoms with van der Waals surface area (Å²) in [7, 11) is 1.85. The largest absolute Gasteiger partial charge is 0.483 e. The molecule has 0 unspecified atom stereocenters. The number of fused-ring (bicyclic) bond motifs is 2. The molecule has 2 N–H and O–H groups in total. The van der Waals surface area contributed by atoms with E-state index >= 15 is 0 Å². The maximum Gasteiger partial charge on any atom is 0.290 e. The number of carbonyl (C=O) groups is 3. The zero-order chi connectivity index (χ0) is 21.5. The number of likely N-dealkylation sites (tertiary alicyclic amines) is 1. The first-order valence-electron chi connectivity index (χ1n) is 9.73. The zero-order valence-electron chi connectivity index (χ0n) is 16.9. The fourth-order valence-electron chi connectivity index (χ4n) is 4.83. The summed E-state index contributed by atoms with van der Waals surface area (Å²) in [6.45, 7) is 3.08. The number of aromatic nitrogens is 2. The molecule has 5 rings (SSSR count). The van der Waals surface area contributed by atoms with Gasteiger partial charge in [-0.1, -0.05) is 18.2 Å². The van der Waals surface area contributed by atoms with E-state index in [0.29, 0.717) is 26.2 Å². The van der Waals surface area contributed by atoms with Crippen molar-refractivity contribution in [3.63, 3.8) is 0 Å². The lowest BCUT2D eigenvalue weighted by Crippen LogP contribution is -2.54. The quantitative estimate of drug-likeness (QED) is 0.720. The third-order valence-electron chi connectivity index (χ3n) is 6.25. The lowest BCUT2D eigenvalue weighted by molar-refractivity contribution is -0.170. The Labute approximate surface area is 173 Å². The van der Waals surface area contributed by atoms with E-state index in [-0.39, 0.29) is 24.3 Å². The smallest absolute Gasteiger partial charge is 0.290 e. The highest BCUT2D eigenvalue weighted by molar-refractivity contribution is 6.07. The van der Waals surface area contributed by atoms with Crippen LogP contribution in [0.5, 0.6) is 0 Å². The number of rotatable bonds is 2. The van der Waals surface area contributed by atoms with Gasteiger partial charge in [-0.2, -0.15) is 5.10 Å². The highest BCUT2D eigenvalue weighted by atomic mass is 16.5. The van der Waals surface area contributed by atoms with E-state index < -0.39 is 10.8 Å². The molecule has 0 aliphatic carbocycles. The first-order chi connectivity index (χ1) is 14.4.